The standard InChI is InChI=1S/C12H25N.C2H4O2/c1-3-5-6-7-9-13-10-8-12(4-2)11-13;1-2(3)4/h12H,3-11H2,1-2H3;1H3,(H,3,4). The van der Waals surface area contributed by atoms with Crippen LogP contribution in [0.2, 0.25) is 0 Å². The lowest BCUT2D eigenvalue weighted by molar-refractivity contribution is -0.134. The predicted molar refractivity (Wildman–Crippen MR) is 72.3 cm³/mol. The number of unbranched alkanes of at least 4 members (excludes halogenated alkanes) is 3. The van der Waals surface area contributed by atoms with Crippen molar-refractivity contribution in [2.45, 2.75) is 59.3 Å². The summed E-state index contributed by atoms with van der Waals surface area (Å²) in [5.74, 6) is 0.172. The van der Waals surface area contributed by atoms with Crippen molar-refractivity contribution in [3.8, 4) is 0 Å². The van der Waals surface area contributed by atoms with Crippen LogP contribution in [0.15, 0.2) is 0 Å². The van der Waals surface area contributed by atoms with E-state index in [2.05, 4.69) is 18.7 Å². The second-order valence-corrected chi connectivity index (χ2v) is 4.94. The van der Waals surface area contributed by atoms with Crippen LogP contribution < -0.4 is 0 Å². The normalized spacial score (nSPS) is 19.8. The van der Waals surface area contributed by atoms with Crippen LogP contribution in [0.4, 0.5) is 0 Å². The number of rotatable bonds is 6. The maximum Gasteiger partial charge on any atom is 0.300 e. The molecule has 0 aliphatic carbocycles. The Morgan fingerprint density at radius 1 is 1.29 bits per heavy atom. The van der Waals surface area contributed by atoms with Crippen molar-refractivity contribution in [2.75, 3.05) is 19.6 Å². The fourth-order valence-electron chi connectivity index (χ4n) is 2.21. The molecular weight excluding hydrogens is 214 g/mol. The Morgan fingerprint density at radius 2 is 1.94 bits per heavy atom. The summed E-state index contributed by atoms with van der Waals surface area (Å²) in [5, 5.41) is 7.42. The highest BCUT2D eigenvalue weighted by Crippen LogP contribution is 2.19. The molecule has 1 atom stereocenters. The van der Waals surface area contributed by atoms with Crippen molar-refractivity contribution in [3.63, 3.8) is 0 Å². The van der Waals surface area contributed by atoms with Crippen LogP contribution in [-0.2, 0) is 4.79 Å². The first-order valence-corrected chi connectivity index (χ1v) is 7.02. The van der Waals surface area contributed by atoms with E-state index in [-0.39, 0.29) is 0 Å². The van der Waals surface area contributed by atoms with Crippen LogP contribution in [0, 0.1) is 5.92 Å². The van der Waals surface area contributed by atoms with E-state index in [4.69, 9.17) is 9.90 Å². The van der Waals surface area contributed by atoms with Gasteiger partial charge in [0.2, 0.25) is 0 Å². The molecule has 0 aromatic carbocycles. The second-order valence-electron chi connectivity index (χ2n) is 4.94. The minimum absolute atomic E-state index is 0.833. The van der Waals surface area contributed by atoms with Gasteiger partial charge in [0.15, 0.2) is 0 Å². The zero-order valence-corrected chi connectivity index (χ0v) is 11.7. The Bertz CT molecular complexity index is 191. The fraction of sp³-hybridized carbons (Fsp3) is 0.929. The number of aliphatic carboxylic acids is 1. The Hall–Kier alpha value is -0.570. The van der Waals surface area contributed by atoms with Gasteiger partial charge in [-0.15, -0.1) is 0 Å². The van der Waals surface area contributed by atoms with E-state index in [0.29, 0.717) is 0 Å². The molecule has 0 aromatic rings. The van der Waals surface area contributed by atoms with E-state index >= 15 is 0 Å². The number of carboxylic acids is 1. The summed E-state index contributed by atoms with van der Waals surface area (Å²) in [4.78, 5) is 11.7. The summed E-state index contributed by atoms with van der Waals surface area (Å²) in [6.45, 7) is 9.79. The SMILES string of the molecule is CC(=O)O.CCCCCCN1CCC(CC)C1. The van der Waals surface area contributed by atoms with Crippen molar-refractivity contribution in [3.05, 3.63) is 0 Å². The summed E-state index contributed by atoms with van der Waals surface area (Å²) in [6.07, 6.45) is 8.46. The average Bonchev–Trinajstić information content (AvgIpc) is 2.71. The number of hydrogen-bond acceptors (Lipinski definition) is 2. The molecule has 0 bridgehead atoms. The second kappa shape index (κ2) is 10.6. The molecule has 1 N–H and O–H groups in total. The van der Waals surface area contributed by atoms with Gasteiger partial charge in [0.1, 0.15) is 0 Å². The molecule has 17 heavy (non-hydrogen) atoms. The van der Waals surface area contributed by atoms with Crippen molar-refractivity contribution in [2.24, 2.45) is 5.92 Å². The molecule has 0 saturated carbocycles. The molecule has 0 aromatic heterocycles. The molecule has 3 nitrogen and oxygen atoms in total. The first kappa shape index (κ1) is 16.4. The van der Waals surface area contributed by atoms with Crippen LogP contribution >= 0.6 is 0 Å². The van der Waals surface area contributed by atoms with E-state index in [0.717, 1.165) is 12.8 Å². The molecule has 1 aliphatic heterocycles. The zero-order chi connectivity index (χ0) is 13.1. The van der Waals surface area contributed by atoms with E-state index in [1.54, 1.807) is 0 Å². The van der Waals surface area contributed by atoms with Crippen molar-refractivity contribution in [1.82, 2.24) is 4.90 Å². The molecular formula is C14H29NO2. The Kier molecular flexibility index (Phi) is 10.2. The summed E-state index contributed by atoms with van der Waals surface area (Å²) in [6, 6.07) is 0. The van der Waals surface area contributed by atoms with Crippen molar-refractivity contribution >= 4 is 5.97 Å². The topological polar surface area (TPSA) is 40.5 Å². The number of nitrogens with zero attached hydrogens (tertiary/aromatic N) is 1. The largest absolute Gasteiger partial charge is 0.481 e. The van der Waals surface area contributed by atoms with Gasteiger partial charge in [0.25, 0.3) is 5.97 Å². The maximum absolute atomic E-state index is 9.00. The molecule has 1 saturated heterocycles. The van der Waals surface area contributed by atoms with Gasteiger partial charge < -0.3 is 10.0 Å². The highest BCUT2D eigenvalue weighted by Gasteiger charge is 2.19. The summed E-state index contributed by atoms with van der Waals surface area (Å²) < 4.78 is 0. The molecule has 102 valence electrons. The highest BCUT2D eigenvalue weighted by atomic mass is 16.4. The molecule has 3 heteroatoms. The fourth-order valence-corrected chi connectivity index (χ4v) is 2.21. The van der Waals surface area contributed by atoms with Crippen molar-refractivity contribution < 1.29 is 9.90 Å². The van der Waals surface area contributed by atoms with Crippen LogP contribution in [0.3, 0.4) is 0 Å². The molecule has 0 amide bonds. The number of likely N-dealkylation sites (tertiary alicyclic amines) is 1. The summed E-state index contributed by atoms with van der Waals surface area (Å²) in [7, 11) is 0. The van der Waals surface area contributed by atoms with E-state index in [9.17, 15) is 0 Å². The monoisotopic (exact) mass is 243 g/mol. The smallest absolute Gasteiger partial charge is 0.300 e. The van der Waals surface area contributed by atoms with E-state index in [1.165, 1.54) is 58.2 Å². The maximum atomic E-state index is 9.00. The highest BCUT2D eigenvalue weighted by molar-refractivity contribution is 5.62. The Labute approximate surface area is 106 Å². The molecule has 0 radical (unpaired) electrons. The molecule has 1 fully saturated rings. The average molecular weight is 243 g/mol. The van der Waals surface area contributed by atoms with Gasteiger partial charge in [-0.25, -0.2) is 0 Å². The lowest BCUT2D eigenvalue weighted by atomic mass is 10.1. The van der Waals surface area contributed by atoms with Gasteiger partial charge in [-0.3, -0.25) is 4.79 Å². The van der Waals surface area contributed by atoms with E-state index < -0.39 is 5.97 Å². The first-order valence-electron chi connectivity index (χ1n) is 7.02. The lowest BCUT2D eigenvalue weighted by Gasteiger charge is -2.14. The van der Waals surface area contributed by atoms with Gasteiger partial charge in [-0.2, -0.15) is 0 Å². The third-order valence-electron chi connectivity index (χ3n) is 3.28. The minimum atomic E-state index is -0.833. The van der Waals surface area contributed by atoms with Gasteiger partial charge in [-0.1, -0.05) is 39.5 Å². The van der Waals surface area contributed by atoms with Crippen LogP contribution in [0.5, 0.6) is 0 Å². The van der Waals surface area contributed by atoms with Crippen LogP contribution in [0.1, 0.15) is 59.3 Å². The third-order valence-corrected chi connectivity index (χ3v) is 3.28. The number of carbonyl (C=O) groups is 1. The van der Waals surface area contributed by atoms with Gasteiger partial charge in [0, 0.05) is 13.5 Å². The molecule has 1 aliphatic rings. The molecule has 1 heterocycles. The van der Waals surface area contributed by atoms with Gasteiger partial charge >= 0.3 is 0 Å². The van der Waals surface area contributed by atoms with Gasteiger partial charge in [-0.05, 0) is 31.8 Å². The minimum Gasteiger partial charge on any atom is -0.481 e. The predicted octanol–water partition coefficient (Wildman–Crippen LogP) is 3.39. The lowest BCUT2D eigenvalue weighted by Crippen LogP contribution is -2.21. The zero-order valence-electron chi connectivity index (χ0n) is 11.7. The third kappa shape index (κ3) is 10.3. The number of carboxylic acid groups (broad SMARTS) is 1. The van der Waals surface area contributed by atoms with Crippen molar-refractivity contribution in [1.29, 1.82) is 0 Å². The quantitative estimate of drug-likeness (QED) is 0.727. The Morgan fingerprint density at radius 3 is 2.41 bits per heavy atom. The first-order chi connectivity index (χ1) is 8.10. The number of hydrogen-bond donors (Lipinski definition) is 1. The molecule has 1 unspecified atom stereocenters. The molecule has 1 rings (SSSR count). The molecule has 0 spiro atoms. The summed E-state index contributed by atoms with van der Waals surface area (Å²) >= 11 is 0. The van der Waals surface area contributed by atoms with E-state index in [1.807, 2.05) is 0 Å². The van der Waals surface area contributed by atoms with Crippen LogP contribution in [-0.4, -0.2) is 35.6 Å². The Balaban J connectivity index is 0.000000557. The summed E-state index contributed by atoms with van der Waals surface area (Å²) in [5.41, 5.74) is 0. The van der Waals surface area contributed by atoms with Gasteiger partial charge in [0.05, 0.1) is 0 Å². The van der Waals surface area contributed by atoms with Crippen LogP contribution in [0.25, 0.3) is 0 Å².